The summed E-state index contributed by atoms with van der Waals surface area (Å²) in [7, 11) is 1.95. The zero-order chi connectivity index (χ0) is 15.2. The van der Waals surface area contributed by atoms with Crippen LogP contribution in [0.3, 0.4) is 0 Å². The summed E-state index contributed by atoms with van der Waals surface area (Å²) in [5.41, 5.74) is 2.16. The van der Waals surface area contributed by atoms with Crippen molar-refractivity contribution in [2.24, 2.45) is 5.92 Å². The van der Waals surface area contributed by atoms with Gasteiger partial charge in [-0.25, -0.2) is 0 Å². The molecule has 0 radical (unpaired) electrons. The van der Waals surface area contributed by atoms with Crippen molar-refractivity contribution in [3.63, 3.8) is 0 Å². The number of carbonyl (C=O) groups is 1. The highest BCUT2D eigenvalue weighted by atomic mass is 16.3. The van der Waals surface area contributed by atoms with Crippen molar-refractivity contribution in [3.8, 4) is 0 Å². The van der Waals surface area contributed by atoms with Gasteiger partial charge in [-0.15, -0.1) is 0 Å². The molecule has 0 atom stereocenters. The summed E-state index contributed by atoms with van der Waals surface area (Å²) >= 11 is 0. The number of hydrogen-bond acceptors (Lipinski definition) is 3. The number of amides is 1. The second-order valence-corrected chi connectivity index (χ2v) is 6.18. The van der Waals surface area contributed by atoms with Crippen LogP contribution < -0.4 is 5.32 Å². The first-order valence-electron chi connectivity index (χ1n) is 7.82. The summed E-state index contributed by atoms with van der Waals surface area (Å²) in [5, 5.41) is 12.2. The maximum Gasteiger partial charge on any atom is 0.238 e. The maximum absolute atomic E-state index is 12.0. The molecule has 1 amide bonds. The first-order chi connectivity index (χ1) is 10.1. The van der Waals surface area contributed by atoms with Crippen LogP contribution in [0.4, 0.5) is 5.69 Å². The van der Waals surface area contributed by atoms with Gasteiger partial charge >= 0.3 is 0 Å². The second-order valence-electron chi connectivity index (χ2n) is 6.18. The first kappa shape index (κ1) is 16.0. The highest BCUT2D eigenvalue weighted by Crippen LogP contribution is 2.27. The highest BCUT2D eigenvalue weighted by Gasteiger charge is 2.28. The number of nitrogens with zero attached hydrogens (tertiary/aromatic N) is 1. The van der Waals surface area contributed by atoms with E-state index in [0.717, 1.165) is 37.9 Å². The van der Waals surface area contributed by atoms with Crippen LogP contribution in [-0.4, -0.2) is 42.2 Å². The molecule has 21 heavy (non-hydrogen) atoms. The van der Waals surface area contributed by atoms with Crippen LogP contribution >= 0.6 is 0 Å². The van der Waals surface area contributed by atoms with Crippen molar-refractivity contribution >= 4 is 11.6 Å². The molecule has 0 saturated heterocycles. The molecule has 1 aliphatic carbocycles. The van der Waals surface area contributed by atoms with Crippen LogP contribution in [0.25, 0.3) is 0 Å². The standard InChI is InChI=1S/C17H26N2O2/c1-3-4-13-5-7-15(8-6-13)18-17(21)12-19(2)11-14-9-16(20)10-14/h5-8,14,16,20H,3-4,9-12H2,1-2H3,(H,18,21). The molecule has 0 bridgehead atoms. The molecule has 1 aliphatic rings. The summed E-state index contributed by atoms with van der Waals surface area (Å²) in [5.74, 6) is 0.548. The number of benzene rings is 1. The third-order valence-electron chi connectivity index (χ3n) is 3.97. The molecule has 0 aromatic heterocycles. The van der Waals surface area contributed by atoms with Gasteiger partial charge in [0.05, 0.1) is 12.6 Å². The van der Waals surface area contributed by atoms with E-state index in [9.17, 15) is 9.90 Å². The van der Waals surface area contributed by atoms with Crippen LogP contribution in [0.5, 0.6) is 0 Å². The van der Waals surface area contributed by atoms with Crippen LogP contribution in [0.1, 0.15) is 31.7 Å². The van der Waals surface area contributed by atoms with Gasteiger partial charge in [0.25, 0.3) is 0 Å². The molecule has 1 aromatic rings. The number of aliphatic hydroxyl groups is 1. The van der Waals surface area contributed by atoms with Crippen molar-refractivity contribution < 1.29 is 9.90 Å². The van der Waals surface area contributed by atoms with Gasteiger partial charge in [0.1, 0.15) is 0 Å². The number of aliphatic hydroxyl groups excluding tert-OH is 1. The Morgan fingerprint density at radius 3 is 2.57 bits per heavy atom. The van der Waals surface area contributed by atoms with Crippen molar-refractivity contribution in [1.29, 1.82) is 0 Å². The fourth-order valence-electron chi connectivity index (χ4n) is 2.84. The minimum Gasteiger partial charge on any atom is -0.393 e. The molecule has 0 spiro atoms. The predicted octanol–water partition coefficient (Wildman–Crippen LogP) is 2.28. The number of carbonyl (C=O) groups excluding carboxylic acids is 1. The average Bonchev–Trinajstić information content (AvgIpc) is 2.39. The highest BCUT2D eigenvalue weighted by molar-refractivity contribution is 5.92. The Morgan fingerprint density at radius 2 is 2.00 bits per heavy atom. The Balaban J connectivity index is 1.73. The zero-order valence-corrected chi connectivity index (χ0v) is 13.0. The molecule has 0 unspecified atom stereocenters. The van der Waals surface area contributed by atoms with Gasteiger partial charge in [0.2, 0.25) is 5.91 Å². The van der Waals surface area contributed by atoms with E-state index in [2.05, 4.69) is 24.4 Å². The summed E-state index contributed by atoms with van der Waals surface area (Å²) in [6, 6.07) is 8.06. The SMILES string of the molecule is CCCc1ccc(NC(=O)CN(C)CC2CC(O)C2)cc1. The van der Waals surface area contributed by atoms with Crippen LogP contribution in [-0.2, 0) is 11.2 Å². The predicted molar refractivity (Wildman–Crippen MR) is 85.3 cm³/mol. The van der Waals surface area contributed by atoms with Crippen molar-refractivity contribution in [3.05, 3.63) is 29.8 Å². The molecule has 1 fully saturated rings. The Hall–Kier alpha value is -1.39. The molecule has 4 heteroatoms. The molecular formula is C17H26N2O2. The van der Waals surface area contributed by atoms with Gasteiger partial charge in [-0.2, -0.15) is 0 Å². The molecule has 0 heterocycles. The van der Waals surface area contributed by atoms with Gasteiger partial charge < -0.3 is 10.4 Å². The number of hydrogen-bond donors (Lipinski definition) is 2. The molecule has 116 valence electrons. The summed E-state index contributed by atoms with van der Waals surface area (Å²) in [4.78, 5) is 14.0. The molecule has 2 N–H and O–H groups in total. The molecule has 2 rings (SSSR count). The van der Waals surface area contributed by atoms with Gasteiger partial charge in [0.15, 0.2) is 0 Å². The summed E-state index contributed by atoms with van der Waals surface area (Å²) in [6.07, 6.45) is 3.81. The zero-order valence-electron chi connectivity index (χ0n) is 13.0. The van der Waals surface area contributed by atoms with E-state index in [0.29, 0.717) is 12.5 Å². The van der Waals surface area contributed by atoms with Gasteiger partial charge in [0, 0.05) is 12.2 Å². The monoisotopic (exact) mass is 290 g/mol. The van der Waals surface area contributed by atoms with E-state index in [1.807, 2.05) is 24.1 Å². The Labute approximate surface area is 127 Å². The molecule has 0 aliphatic heterocycles. The second kappa shape index (κ2) is 7.57. The number of anilines is 1. The molecule has 1 saturated carbocycles. The first-order valence-corrected chi connectivity index (χ1v) is 7.82. The van der Waals surface area contributed by atoms with Gasteiger partial charge in [-0.05, 0) is 49.9 Å². The van der Waals surface area contributed by atoms with Crippen molar-refractivity contribution in [1.82, 2.24) is 4.90 Å². The minimum absolute atomic E-state index is 0.0145. The molecule has 1 aromatic carbocycles. The van der Waals surface area contributed by atoms with E-state index >= 15 is 0 Å². The van der Waals surface area contributed by atoms with Crippen molar-refractivity contribution in [2.45, 2.75) is 38.7 Å². The average molecular weight is 290 g/mol. The third-order valence-corrected chi connectivity index (χ3v) is 3.97. The Kier molecular flexibility index (Phi) is 5.76. The normalized spacial score (nSPS) is 21.1. The summed E-state index contributed by atoms with van der Waals surface area (Å²) in [6.45, 7) is 3.43. The summed E-state index contributed by atoms with van der Waals surface area (Å²) < 4.78 is 0. The minimum atomic E-state index is -0.126. The number of likely N-dealkylation sites (N-methyl/N-ethyl adjacent to an activating group) is 1. The smallest absolute Gasteiger partial charge is 0.238 e. The Morgan fingerprint density at radius 1 is 1.33 bits per heavy atom. The van der Waals surface area contributed by atoms with Crippen molar-refractivity contribution in [2.75, 3.05) is 25.5 Å². The van der Waals surface area contributed by atoms with Crippen LogP contribution in [0.2, 0.25) is 0 Å². The number of rotatable bonds is 7. The van der Waals surface area contributed by atoms with E-state index < -0.39 is 0 Å². The van der Waals surface area contributed by atoms with E-state index in [1.165, 1.54) is 5.56 Å². The molecule has 4 nitrogen and oxygen atoms in total. The lowest BCUT2D eigenvalue weighted by Gasteiger charge is -2.34. The fourth-order valence-corrected chi connectivity index (χ4v) is 2.84. The van der Waals surface area contributed by atoms with E-state index in [1.54, 1.807) is 0 Å². The van der Waals surface area contributed by atoms with Gasteiger partial charge in [-0.3, -0.25) is 9.69 Å². The lowest BCUT2D eigenvalue weighted by atomic mass is 9.82. The van der Waals surface area contributed by atoms with E-state index in [4.69, 9.17) is 0 Å². The number of nitrogens with one attached hydrogen (secondary N) is 1. The Bertz CT molecular complexity index is 452. The van der Waals surface area contributed by atoms with Gasteiger partial charge in [-0.1, -0.05) is 25.5 Å². The molecular weight excluding hydrogens is 264 g/mol. The lowest BCUT2D eigenvalue weighted by Crippen LogP contribution is -2.39. The largest absolute Gasteiger partial charge is 0.393 e. The third kappa shape index (κ3) is 5.14. The fraction of sp³-hybridized carbons (Fsp3) is 0.588. The number of aryl methyl sites for hydroxylation is 1. The van der Waals surface area contributed by atoms with Crippen LogP contribution in [0.15, 0.2) is 24.3 Å². The lowest BCUT2D eigenvalue weighted by molar-refractivity contribution is -0.117. The quantitative estimate of drug-likeness (QED) is 0.810. The van der Waals surface area contributed by atoms with Crippen LogP contribution in [0, 0.1) is 5.92 Å². The van der Waals surface area contributed by atoms with E-state index in [-0.39, 0.29) is 12.0 Å². The topological polar surface area (TPSA) is 52.6 Å². The maximum atomic E-state index is 12.0.